The summed E-state index contributed by atoms with van der Waals surface area (Å²) in [6, 6.07) is -0.458. The maximum absolute atomic E-state index is 12.8. The summed E-state index contributed by atoms with van der Waals surface area (Å²) in [4.78, 5) is 39.5. The first-order valence-corrected chi connectivity index (χ1v) is 10.2. The molecule has 2 fully saturated rings. The number of nitrogens with zero attached hydrogens (tertiary/aromatic N) is 2. The number of carbonyl (C=O) groups is 3. The van der Waals surface area contributed by atoms with Crippen molar-refractivity contribution in [2.24, 2.45) is 0 Å². The van der Waals surface area contributed by atoms with Gasteiger partial charge in [-0.15, -0.1) is 0 Å². The van der Waals surface area contributed by atoms with Crippen LogP contribution in [0.3, 0.4) is 0 Å². The molecule has 2 heterocycles. The number of thioether (sulfide) groups is 1. The molecule has 25 heavy (non-hydrogen) atoms. The molecular formula is C17H29N3O4S. The van der Waals surface area contributed by atoms with E-state index in [0.29, 0.717) is 39.2 Å². The van der Waals surface area contributed by atoms with Gasteiger partial charge in [0.05, 0.1) is 12.2 Å². The van der Waals surface area contributed by atoms with Crippen LogP contribution in [0.15, 0.2) is 0 Å². The number of rotatable bonds is 5. The Bertz CT molecular complexity index is 506. The number of carbonyl (C=O) groups excluding carboxylic acids is 3. The fraction of sp³-hybridized carbons (Fsp3) is 0.824. The second-order valence-electron chi connectivity index (χ2n) is 6.83. The van der Waals surface area contributed by atoms with Crippen LogP contribution in [0.25, 0.3) is 0 Å². The minimum Gasteiger partial charge on any atom is -0.371 e. The van der Waals surface area contributed by atoms with Crippen molar-refractivity contribution < 1.29 is 19.1 Å². The van der Waals surface area contributed by atoms with Crippen LogP contribution in [0.2, 0.25) is 0 Å². The van der Waals surface area contributed by atoms with Crippen LogP contribution in [0.4, 0.5) is 0 Å². The molecule has 0 bridgehead atoms. The smallest absolute Gasteiger partial charge is 0.245 e. The highest BCUT2D eigenvalue weighted by molar-refractivity contribution is 7.98. The van der Waals surface area contributed by atoms with E-state index in [2.05, 4.69) is 5.32 Å². The normalized spacial score (nSPS) is 21.1. The summed E-state index contributed by atoms with van der Waals surface area (Å²) in [5.74, 6) is 0.702. The van der Waals surface area contributed by atoms with E-state index >= 15 is 0 Å². The molecule has 0 aromatic rings. The number of amides is 3. The molecule has 2 aliphatic rings. The third-order valence-electron chi connectivity index (χ3n) is 4.97. The Morgan fingerprint density at radius 1 is 1.16 bits per heavy atom. The molecular weight excluding hydrogens is 342 g/mol. The van der Waals surface area contributed by atoms with Crippen molar-refractivity contribution in [2.45, 2.75) is 44.8 Å². The van der Waals surface area contributed by atoms with Gasteiger partial charge in [0, 0.05) is 40.0 Å². The molecule has 7 nitrogen and oxygen atoms in total. The van der Waals surface area contributed by atoms with Crippen LogP contribution in [-0.4, -0.2) is 84.0 Å². The zero-order valence-electron chi connectivity index (χ0n) is 15.4. The van der Waals surface area contributed by atoms with Gasteiger partial charge in [0.2, 0.25) is 17.7 Å². The van der Waals surface area contributed by atoms with Gasteiger partial charge in [-0.25, -0.2) is 0 Å². The molecule has 0 radical (unpaired) electrons. The van der Waals surface area contributed by atoms with Gasteiger partial charge in [-0.1, -0.05) is 0 Å². The molecule has 2 rings (SSSR count). The zero-order chi connectivity index (χ0) is 18.4. The number of piperidine rings is 1. The molecule has 0 aromatic heterocycles. The molecule has 2 aliphatic heterocycles. The van der Waals surface area contributed by atoms with E-state index in [9.17, 15) is 14.4 Å². The van der Waals surface area contributed by atoms with Crippen LogP contribution < -0.4 is 5.32 Å². The number of likely N-dealkylation sites (tertiary alicyclic amines) is 1. The molecule has 0 aromatic carbocycles. The van der Waals surface area contributed by atoms with Gasteiger partial charge < -0.3 is 19.9 Å². The highest BCUT2D eigenvalue weighted by atomic mass is 32.2. The van der Waals surface area contributed by atoms with Gasteiger partial charge in [-0.3, -0.25) is 14.4 Å². The molecule has 1 spiro atoms. The average Bonchev–Trinajstić information content (AvgIpc) is 2.58. The Balaban J connectivity index is 1.94. The lowest BCUT2D eigenvalue weighted by Crippen LogP contribution is -2.59. The number of ether oxygens (including phenoxy) is 1. The standard InChI is InChI=1S/C17H29N3O4S/c1-13(21)18-15(4-11-25-3)16(23)19-7-5-17(6-8-19)12-20(14(2)22)9-10-24-17/h15H,4-12H2,1-3H3,(H,18,21)/t15-/m0/s1. The van der Waals surface area contributed by atoms with Gasteiger partial charge >= 0.3 is 0 Å². The Morgan fingerprint density at radius 3 is 2.40 bits per heavy atom. The van der Waals surface area contributed by atoms with Crippen LogP contribution in [0.5, 0.6) is 0 Å². The van der Waals surface area contributed by atoms with Gasteiger partial charge in [-0.05, 0) is 31.3 Å². The van der Waals surface area contributed by atoms with E-state index in [1.807, 2.05) is 16.1 Å². The maximum Gasteiger partial charge on any atom is 0.245 e. The summed E-state index contributed by atoms with van der Waals surface area (Å²) in [5, 5.41) is 2.78. The lowest BCUT2D eigenvalue weighted by atomic mass is 9.89. The van der Waals surface area contributed by atoms with Crippen molar-refractivity contribution in [3.63, 3.8) is 0 Å². The average molecular weight is 372 g/mol. The monoisotopic (exact) mass is 371 g/mol. The molecule has 0 aliphatic carbocycles. The number of nitrogens with one attached hydrogen (secondary N) is 1. The maximum atomic E-state index is 12.8. The summed E-state index contributed by atoms with van der Waals surface area (Å²) >= 11 is 1.66. The lowest BCUT2D eigenvalue weighted by Gasteiger charge is -2.47. The molecule has 142 valence electrons. The summed E-state index contributed by atoms with van der Waals surface area (Å²) in [6.07, 6.45) is 4.06. The predicted octanol–water partition coefficient (Wildman–Crippen LogP) is 0.484. The van der Waals surface area contributed by atoms with Crippen molar-refractivity contribution in [1.29, 1.82) is 0 Å². The summed E-state index contributed by atoms with van der Waals surface area (Å²) in [7, 11) is 0. The summed E-state index contributed by atoms with van der Waals surface area (Å²) in [5.41, 5.74) is -0.330. The topological polar surface area (TPSA) is 79.0 Å². The molecule has 1 atom stereocenters. The van der Waals surface area contributed by atoms with Gasteiger partial charge in [0.15, 0.2) is 0 Å². The van der Waals surface area contributed by atoms with Crippen molar-refractivity contribution in [2.75, 3.05) is 44.8 Å². The number of hydrogen-bond donors (Lipinski definition) is 1. The van der Waals surface area contributed by atoms with Gasteiger partial charge in [0.25, 0.3) is 0 Å². The Hall–Kier alpha value is -1.28. The lowest BCUT2D eigenvalue weighted by molar-refractivity contribution is -0.162. The van der Waals surface area contributed by atoms with Gasteiger partial charge in [-0.2, -0.15) is 11.8 Å². The van der Waals surface area contributed by atoms with Crippen LogP contribution in [0.1, 0.15) is 33.1 Å². The largest absolute Gasteiger partial charge is 0.371 e. The van der Waals surface area contributed by atoms with Crippen molar-refractivity contribution in [3.05, 3.63) is 0 Å². The van der Waals surface area contributed by atoms with E-state index in [0.717, 1.165) is 18.6 Å². The van der Waals surface area contributed by atoms with E-state index < -0.39 is 6.04 Å². The van der Waals surface area contributed by atoms with Crippen LogP contribution in [-0.2, 0) is 19.1 Å². The van der Waals surface area contributed by atoms with Crippen molar-refractivity contribution in [1.82, 2.24) is 15.1 Å². The predicted molar refractivity (Wildman–Crippen MR) is 97.4 cm³/mol. The SMILES string of the molecule is CSCC[C@H](NC(C)=O)C(=O)N1CCC2(CC1)CN(C(C)=O)CCO2. The number of morpholine rings is 1. The Kier molecular flexibility index (Phi) is 7.13. The minimum atomic E-state index is -0.458. The molecule has 1 N–H and O–H groups in total. The zero-order valence-corrected chi connectivity index (χ0v) is 16.2. The second kappa shape index (κ2) is 8.89. The first-order chi connectivity index (χ1) is 11.9. The van der Waals surface area contributed by atoms with E-state index in [1.165, 1.54) is 6.92 Å². The van der Waals surface area contributed by atoms with E-state index in [4.69, 9.17) is 4.74 Å². The third kappa shape index (κ3) is 5.34. The van der Waals surface area contributed by atoms with Crippen LogP contribution >= 0.6 is 11.8 Å². The molecule has 0 unspecified atom stereocenters. The van der Waals surface area contributed by atoms with Gasteiger partial charge in [0.1, 0.15) is 6.04 Å². The molecule has 3 amide bonds. The van der Waals surface area contributed by atoms with Crippen molar-refractivity contribution in [3.8, 4) is 0 Å². The molecule has 8 heteroatoms. The minimum absolute atomic E-state index is 0.0154. The summed E-state index contributed by atoms with van der Waals surface area (Å²) in [6.45, 7) is 6.01. The molecule has 0 saturated carbocycles. The highest BCUT2D eigenvalue weighted by Crippen LogP contribution is 2.30. The van der Waals surface area contributed by atoms with Crippen LogP contribution in [0, 0.1) is 0 Å². The van der Waals surface area contributed by atoms with E-state index in [1.54, 1.807) is 18.7 Å². The van der Waals surface area contributed by atoms with E-state index in [-0.39, 0.29) is 23.3 Å². The Labute approximate surface area is 153 Å². The molecule has 2 saturated heterocycles. The fourth-order valence-electron chi connectivity index (χ4n) is 3.51. The fourth-order valence-corrected chi connectivity index (χ4v) is 3.98. The second-order valence-corrected chi connectivity index (χ2v) is 7.82. The first-order valence-electron chi connectivity index (χ1n) is 8.81. The third-order valence-corrected chi connectivity index (χ3v) is 5.61. The number of hydrogen-bond acceptors (Lipinski definition) is 5. The Morgan fingerprint density at radius 2 is 1.84 bits per heavy atom. The van der Waals surface area contributed by atoms with Crippen molar-refractivity contribution >= 4 is 29.5 Å². The summed E-state index contributed by atoms with van der Waals surface area (Å²) < 4.78 is 6.00. The highest BCUT2D eigenvalue weighted by Gasteiger charge is 2.42. The quantitative estimate of drug-likeness (QED) is 0.761. The first kappa shape index (κ1) is 20.0.